The molecule has 1 heterocycles. The van der Waals surface area contributed by atoms with Crippen LogP contribution in [0.1, 0.15) is 5.82 Å². The van der Waals surface area contributed by atoms with Gasteiger partial charge in [-0.1, -0.05) is 12.1 Å². The van der Waals surface area contributed by atoms with Gasteiger partial charge in [0.25, 0.3) is 10.2 Å². The molecule has 0 fully saturated rings. The quantitative estimate of drug-likeness (QED) is 0.832. The van der Waals surface area contributed by atoms with Gasteiger partial charge in [-0.05, 0) is 12.1 Å². The number of aromatic amines is 1. The van der Waals surface area contributed by atoms with E-state index in [4.69, 9.17) is 0 Å². The molecule has 2 N–H and O–H groups in total. The molecule has 2 rings (SSSR count). The van der Waals surface area contributed by atoms with E-state index in [2.05, 4.69) is 14.7 Å². The second kappa shape index (κ2) is 4.44. The normalized spacial score (nSPS) is 12.4. The van der Waals surface area contributed by atoms with Crippen LogP contribution < -0.4 is 4.72 Å². The topological polar surface area (TPSA) is 78.1 Å². The highest BCUT2D eigenvalue weighted by molar-refractivity contribution is 7.87. The maximum Gasteiger partial charge on any atom is 0.279 e. The summed E-state index contributed by atoms with van der Waals surface area (Å²) in [4.78, 5) is 7.32. The summed E-state index contributed by atoms with van der Waals surface area (Å²) in [5.74, 6) is 0.594. The molecule has 1 aromatic carbocycles. The third-order valence-electron chi connectivity index (χ3n) is 2.34. The van der Waals surface area contributed by atoms with Gasteiger partial charge in [0.1, 0.15) is 5.82 Å². The maximum atomic E-state index is 11.5. The van der Waals surface area contributed by atoms with Crippen molar-refractivity contribution in [1.82, 2.24) is 19.0 Å². The lowest BCUT2D eigenvalue weighted by molar-refractivity contribution is 0.504. The van der Waals surface area contributed by atoms with Crippen LogP contribution in [0.2, 0.25) is 0 Å². The lowest BCUT2D eigenvalue weighted by Crippen LogP contribution is -2.35. The van der Waals surface area contributed by atoms with Gasteiger partial charge in [0, 0.05) is 14.1 Å². The number of nitrogens with one attached hydrogen (secondary N) is 2. The monoisotopic (exact) mass is 254 g/mol. The molecule has 0 saturated heterocycles. The van der Waals surface area contributed by atoms with E-state index in [0.29, 0.717) is 5.82 Å². The second-order valence-corrected chi connectivity index (χ2v) is 5.78. The van der Waals surface area contributed by atoms with Crippen LogP contribution in [0.15, 0.2) is 24.3 Å². The summed E-state index contributed by atoms with van der Waals surface area (Å²) >= 11 is 0. The van der Waals surface area contributed by atoms with Crippen LogP contribution in [0.3, 0.4) is 0 Å². The molecule has 17 heavy (non-hydrogen) atoms. The minimum atomic E-state index is -3.41. The summed E-state index contributed by atoms with van der Waals surface area (Å²) in [6.07, 6.45) is 0. The Labute approximate surface area is 99.8 Å². The number of benzene rings is 1. The van der Waals surface area contributed by atoms with Gasteiger partial charge in [-0.25, -0.2) is 4.98 Å². The van der Waals surface area contributed by atoms with E-state index < -0.39 is 10.2 Å². The Morgan fingerprint density at radius 3 is 2.71 bits per heavy atom. The standard InChI is InChI=1S/C10H14N4O2S/c1-14(2)17(15,16)11-7-10-12-8-5-3-4-6-9(8)13-10/h3-6,11H,7H2,1-2H3,(H,12,13). The molecule has 0 saturated carbocycles. The highest BCUT2D eigenvalue weighted by Gasteiger charge is 2.13. The van der Waals surface area contributed by atoms with Gasteiger partial charge in [-0.15, -0.1) is 0 Å². The molecule has 0 atom stereocenters. The molecule has 1 aromatic heterocycles. The molecule has 0 spiro atoms. The Morgan fingerprint density at radius 2 is 2.06 bits per heavy atom. The molecule has 0 aliphatic rings. The van der Waals surface area contributed by atoms with Crippen LogP contribution in [0.5, 0.6) is 0 Å². The first kappa shape index (κ1) is 12.0. The Balaban J connectivity index is 2.15. The van der Waals surface area contributed by atoms with Crippen LogP contribution in [-0.4, -0.2) is 36.8 Å². The molecule has 0 aliphatic carbocycles. The third-order valence-corrected chi connectivity index (χ3v) is 3.81. The Hall–Kier alpha value is -1.44. The number of H-pyrrole nitrogens is 1. The van der Waals surface area contributed by atoms with Crippen molar-refractivity contribution in [2.75, 3.05) is 14.1 Å². The Morgan fingerprint density at radius 1 is 1.35 bits per heavy atom. The van der Waals surface area contributed by atoms with Crippen LogP contribution in [0, 0.1) is 0 Å². The maximum absolute atomic E-state index is 11.5. The minimum Gasteiger partial charge on any atom is -0.341 e. The van der Waals surface area contributed by atoms with Crippen LogP contribution >= 0.6 is 0 Å². The molecular weight excluding hydrogens is 240 g/mol. The smallest absolute Gasteiger partial charge is 0.279 e. The van der Waals surface area contributed by atoms with Crippen molar-refractivity contribution in [3.63, 3.8) is 0 Å². The van der Waals surface area contributed by atoms with E-state index in [9.17, 15) is 8.42 Å². The number of para-hydroxylation sites is 2. The summed E-state index contributed by atoms with van der Waals surface area (Å²) < 4.78 is 26.5. The SMILES string of the molecule is CN(C)S(=O)(=O)NCc1nc2ccccc2[nH]1. The van der Waals surface area contributed by atoms with E-state index in [-0.39, 0.29) is 6.54 Å². The summed E-state index contributed by atoms with van der Waals surface area (Å²) in [7, 11) is -0.464. The van der Waals surface area contributed by atoms with Crippen molar-refractivity contribution in [3.05, 3.63) is 30.1 Å². The van der Waals surface area contributed by atoms with E-state index in [0.717, 1.165) is 15.3 Å². The second-order valence-electron chi connectivity index (χ2n) is 3.81. The minimum absolute atomic E-state index is 0.148. The van der Waals surface area contributed by atoms with E-state index in [1.165, 1.54) is 14.1 Å². The van der Waals surface area contributed by atoms with Gasteiger partial charge in [-0.3, -0.25) is 0 Å². The highest BCUT2D eigenvalue weighted by atomic mass is 32.2. The van der Waals surface area contributed by atoms with E-state index in [1.807, 2.05) is 24.3 Å². The molecule has 2 aromatic rings. The molecular formula is C10H14N4O2S. The molecule has 92 valence electrons. The number of imidazole rings is 1. The van der Waals surface area contributed by atoms with Gasteiger partial charge in [0.05, 0.1) is 17.6 Å². The first-order valence-electron chi connectivity index (χ1n) is 5.10. The zero-order valence-electron chi connectivity index (χ0n) is 9.64. The molecule has 0 radical (unpaired) electrons. The van der Waals surface area contributed by atoms with Crippen LogP contribution in [-0.2, 0) is 16.8 Å². The lowest BCUT2D eigenvalue weighted by atomic mass is 10.3. The zero-order valence-corrected chi connectivity index (χ0v) is 10.5. The predicted molar refractivity (Wildman–Crippen MR) is 65.5 cm³/mol. The first-order valence-corrected chi connectivity index (χ1v) is 6.54. The first-order chi connectivity index (χ1) is 7.99. The molecule has 0 amide bonds. The highest BCUT2D eigenvalue weighted by Crippen LogP contribution is 2.10. The largest absolute Gasteiger partial charge is 0.341 e. The van der Waals surface area contributed by atoms with Crippen LogP contribution in [0.25, 0.3) is 11.0 Å². The van der Waals surface area contributed by atoms with Crippen molar-refractivity contribution in [3.8, 4) is 0 Å². The summed E-state index contributed by atoms with van der Waals surface area (Å²) in [6.45, 7) is 0.148. The number of rotatable bonds is 4. The fraction of sp³-hybridized carbons (Fsp3) is 0.300. The van der Waals surface area contributed by atoms with Crippen molar-refractivity contribution in [1.29, 1.82) is 0 Å². The average molecular weight is 254 g/mol. The van der Waals surface area contributed by atoms with Crippen LogP contribution in [0.4, 0.5) is 0 Å². The fourth-order valence-electron chi connectivity index (χ4n) is 1.38. The van der Waals surface area contributed by atoms with Gasteiger partial charge in [0.2, 0.25) is 0 Å². The Kier molecular flexibility index (Phi) is 3.14. The number of fused-ring (bicyclic) bond motifs is 1. The average Bonchev–Trinajstić information content (AvgIpc) is 2.69. The molecule has 0 unspecified atom stereocenters. The van der Waals surface area contributed by atoms with Crippen molar-refractivity contribution < 1.29 is 8.42 Å². The van der Waals surface area contributed by atoms with Gasteiger partial charge >= 0.3 is 0 Å². The number of nitrogens with zero attached hydrogens (tertiary/aromatic N) is 2. The summed E-state index contributed by atoms with van der Waals surface area (Å²) in [6, 6.07) is 7.55. The fourth-order valence-corrected chi connectivity index (χ4v) is 1.96. The zero-order chi connectivity index (χ0) is 12.5. The van der Waals surface area contributed by atoms with Crippen molar-refractivity contribution in [2.45, 2.75) is 6.54 Å². The van der Waals surface area contributed by atoms with Crippen molar-refractivity contribution >= 4 is 21.2 Å². The summed E-state index contributed by atoms with van der Waals surface area (Å²) in [5, 5.41) is 0. The third kappa shape index (κ3) is 2.63. The molecule has 0 aliphatic heterocycles. The number of hydrogen-bond acceptors (Lipinski definition) is 3. The molecule has 6 nitrogen and oxygen atoms in total. The summed E-state index contributed by atoms with van der Waals surface area (Å²) in [5.41, 5.74) is 1.72. The molecule has 7 heteroatoms. The van der Waals surface area contributed by atoms with E-state index >= 15 is 0 Å². The Bertz CT molecular complexity index is 585. The lowest BCUT2D eigenvalue weighted by Gasteiger charge is -2.10. The van der Waals surface area contributed by atoms with Gasteiger partial charge in [-0.2, -0.15) is 17.4 Å². The molecule has 0 bridgehead atoms. The van der Waals surface area contributed by atoms with E-state index in [1.54, 1.807) is 0 Å². The number of hydrogen-bond donors (Lipinski definition) is 2. The number of aromatic nitrogens is 2. The predicted octanol–water partition coefficient (Wildman–Crippen LogP) is 0.459. The van der Waals surface area contributed by atoms with Gasteiger partial charge < -0.3 is 4.98 Å². The van der Waals surface area contributed by atoms with Gasteiger partial charge in [0.15, 0.2) is 0 Å². The van der Waals surface area contributed by atoms with Crippen molar-refractivity contribution in [2.24, 2.45) is 0 Å².